The molecule has 9 heteroatoms. The van der Waals surface area contributed by atoms with Crippen LogP contribution in [0.15, 0.2) is 9.72 Å². The number of nitrogens with one attached hydrogen (secondary N) is 1. The number of esters is 1. The van der Waals surface area contributed by atoms with Gasteiger partial charge in [-0.1, -0.05) is 0 Å². The third-order valence-electron chi connectivity index (χ3n) is 4.33. The fraction of sp³-hybridized carbons (Fsp3) is 0.714. The lowest BCUT2D eigenvalue weighted by Gasteiger charge is -2.31. The molecule has 0 aromatic carbocycles. The summed E-state index contributed by atoms with van der Waals surface area (Å²) in [5.41, 5.74) is 1.25. The Morgan fingerprint density at radius 3 is 2.70 bits per heavy atom. The molecular weight excluding hydrogens is 338 g/mol. The van der Waals surface area contributed by atoms with E-state index in [1.165, 1.54) is 29.8 Å². The van der Waals surface area contributed by atoms with Gasteiger partial charge in [-0.3, -0.25) is 0 Å². The number of carbonyl (C=O) groups is 1. The van der Waals surface area contributed by atoms with Gasteiger partial charge in [0.05, 0.1) is 12.6 Å². The van der Waals surface area contributed by atoms with Crippen molar-refractivity contribution in [1.29, 1.82) is 0 Å². The fourth-order valence-corrected chi connectivity index (χ4v) is 5.46. The second-order valence-electron chi connectivity index (χ2n) is 6.01. The molecule has 1 aromatic heterocycles. The molecule has 1 saturated heterocycles. The molecule has 1 aliphatic heterocycles. The first-order valence-corrected chi connectivity index (χ1v) is 10.1. The molecule has 0 amide bonds. The number of aromatic nitrogens is 1. The lowest BCUT2D eigenvalue weighted by molar-refractivity contribution is 0.0590. The number of sulfonamides is 1. The summed E-state index contributed by atoms with van der Waals surface area (Å²) in [5, 5.41) is 3.52. The molecule has 0 spiro atoms. The molecule has 1 saturated carbocycles. The Morgan fingerprint density at radius 2 is 2.09 bits per heavy atom. The molecule has 0 bridgehead atoms. The van der Waals surface area contributed by atoms with Gasteiger partial charge in [-0.25, -0.2) is 18.2 Å². The summed E-state index contributed by atoms with van der Waals surface area (Å²) in [4.78, 5) is 15.5. The molecule has 2 aliphatic rings. The van der Waals surface area contributed by atoms with Crippen LogP contribution >= 0.6 is 11.3 Å². The first kappa shape index (κ1) is 16.8. The van der Waals surface area contributed by atoms with Gasteiger partial charge in [0.1, 0.15) is 0 Å². The van der Waals surface area contributed by atoms with Crippen LogP contribution in [-0.2, 0) is 14.8 Å². The van der Waals surface area contributed by atoms with Gasteiger partial charge >= 0.3 is 5.97 Å². The van der Waals surface area contributed by atoms with Gasteiger partial charge in [0.2, 0.25) is 0 Å². The molecule has 128 valence electrons. The number of hydrogen-bond donors (Lipinski definition) is 1. The van der Waals surface area contributed by atoms with Gasteiger partial charge in [0, 0.05) is 19.1 Å². The quantitative estimate of drug-likeness (QED) is 0.765. The third kappa shape index (κ3) is 3.73. The fourth-order valence-electron chi connectivity index (χ4n) is 2.72. The van der Waals surface area contributed by atoms with E-state index >= 15 is 0 Å². The number of thiazole rings is 1. The van der Waals surface area contributed by atoms with Gasteiger partial charge in [0.15, 0.2) is 9.90 Å². The van der Waals surface area contributed by atoms with Gasteiger partial charge < -0.3 is 10.1 Å². The first-order chi connectivity index (χ1) is 11.0. The monoisotopic (exact) mass is 359 g/mol. The molecule has 0 atom stereocenters. The maximum absolute atomic E-state index is 12.7. The average molecular weight is 359 g/mol. The number of nitrogens with zero attached hydrogens (tertiary/aromatic N) is 2. The molecule has 1 N–H and O–H groups in total. The molecule has 3 rings (SSSR count). The SMILES string of the molecule is COC(=O)c1ncsc1S(=O)(=O)N1CCC(NCC2CC2)CC1. The summed E-state index contributed by atoms with van der Waals surface area (Å²) >= 11 is 0.960. The Labute approximate surface area is 140 Å². The topological polar surface area (TPSA) is 88.6 Å². The minimum absolute atomic E-state index is 0.0197. The first-order valence-electron chi connectivity index (χ1n) is 7.77. The van der Waals surface area contributed by atoms with Crippen LogP contribution in [0.5, 0.6) is 0 Å². The normalized spacial score (nSPS) is 20.6. The van der Waals surface area contributed by atoms with Gasteiger partial charge in [-0.15, -0.1) is 11.3 Å². The number of carbonyl (C=O) groups excluding carboxylic acids is 1. The van der Waals surface area contributed by atoms with Crippen molar-refractivity contribution in [1.82, 2.24) is 14.6 Å². The van der Waals surface area contributed by atoms with Crippen molar-refractivity contribution in [3.63, 3.8) is 0 Å². The molecule has 23 heavy (non-hydrogen) atoms. The van der Waals surface area contributed by atoms with Crippen LogP contribution < -0.4 is 5.32 Å². The van der Waals surface area contributed by atoms with E-state index in [1.807, 2.05) is 0 Å². The van der Waals surface area contributed by atoms with E-state index in [0.29, 0.717) is 19.1 Å². The minimum atomic E-state index is -3.69. The number of hydrogen-bond acceptors (Lipinski definition) is 7. The second kappa shape index (κ2) is 6.84. The van der Waals surface area contributed by atoms with E-state index in [4.69, 9.17) is 0 Å². The predicted octanol–water partition coefficient (Wildman–Crippen LogP) is 1.08. The molecule has 0 radical (unpaired) electrons. The van der Waals surface area contributed by atoms with Crippen LogP contribution in [0, 0.1) is 5.92 Å². The highest BCUT2D eigenvalue weighted by Crippen LogP contribution is 2.29. The Hall–Kier alpha value is -1.03. The van der Waals surface area contributed by atoms with Crippen molar-refractivity contribution >= 4 is 27.3 Å². The smallest absolute Gasteiger partial charge is 0.358 e. The van der Waals surface area contributed by atoms with E-state index in [0.717, 1.165) is 36.6 Å². The summed E-state index contributed by atoms with van der Waals surface area (Å²) < 4.78 is 31.5. The van der Waals surface area contributed by atoms with Crippen molar-refractivity contribution < 1.29 is 17.9 Å². The molecule has 1 aliphatic carbocycles. The van der Waals surface area contributed by atoms with Gasteiger partial charge in [0.25, 0.3) is 10.0 Å². The Balaban J connectivity index is 1.64. The van der Waals surface area contributed by atoms with Gasteiger partial charge in [-0.2, -0.15) is 4.31 Å². The van der Waals surface area contributed by atoms with Crippen LogP contribution in [0.1, 0.15) is 36.2 Å². The molecule has 2 heterocycles. The van der Waals surface area contributed by atoms with Crippen molar-refractivity contribution in [2.45, 2.75) is 35.9 Å². The van der Waals surface area contributed by atoms with Gasteiger partial charge in [-0.05, 0) is 38.1 Å². The van der Waals surface area contributed by atoms with Crippen LogP contribution in [0.4, 0.5) is 0 Å². The predicted molar refractivity (Wildman–Crippen MR) is 86.0 cm³/mol. The maximum atomic E-state index is 12.7. The molecule has 0 unspecified atom stereocenters. The number of piperidine rings is 1. The summed E-state index contributed by atoms with van der Waals surface area (Å²) in [6, 6.07) is 0.378. The van der Waals surface area contributed by atoms with E-state index in [2.05, 4.69) is 15.0 Å². The maximum Gasteiger partial charge on any atom is 0.358 e. The van der Waals surface area contributed by atoms with Crippen LogP contribution in [0.25, 0.3) is 0 Å². The Bertz CT molecular complexity index is 661. The Kier molecular flexibility index (Phi) is 5.00. The van der Waals surface area contributed by atoms with Crippen LogP contribution in [0.2, 0.25) is 0 Å². The molecule has 1 aromatic rings. The molecule has 7 nitrogen and oxygen atoms in total. The summed E-state index contributed by atoms with van der Waals surface area (Å²) in [6.07, 6.45) is 4.19. The zero-order chi connectivity index (χ0) is 16.4. The Morgan fingerprint density at radius 1 is 1.39 bits per heavy atom. The van der Waals surface area contributed by atoms with Crippen LogP contribution in [0.3, 0.4) is 0 Å². The van der Waals surface area contributed by atoms with Crippen LogP contribution in [-0.4, -0.2) is 56.5 Å². The minimum Gasteiger partial charge on any atom is -0.464 e. The average Bonchev–Trinajstić information content (AvgIpc) is 3.25. The summed E-state index contributed by atoms with van der Waals surface area (Å²) in [6.45, 7) is 1.96. The second-order valence-corrected chi connectivity index (χ2v) is 9.00. The zero-order valence-electron chi connectivity index (χ0n) is 13.0. The van der Waals surface area contributed by atoms with Crippen molar-refractivity contribution in [3.8, 4) is 0 Å². The zero-order valence-corrected chi connectivity index (χ0v) is 14.7. The lowest BCUT2D eigenvalue weighted by Crippen LogP contribution is -2.45. The summed E-state index contributed by atoms with van der Waals surface area (Å²) in [5.74, 6) is 0.0994. The standard InChI is InChI=1S/C14H21N3O4S2/c1-21-13(18)12-14(22-9-16-12)23(19,20)17-6-4-11(5-7-17)15-8-10-2-3-10/h9-11,15H,2-8H2,1H3. The highest BCUT2D eigenvalue weighted by atomic mass is 32.2. The number of ether oxygens (including phenoxy) is 1. The van der Waals surface area contributed by atoms with Crippen molar-refractivity contribution in [2.75, 3.05) is 26.7 Å². The highest BCUT2D eigenvalue weighted by Gasteiger charge is 2.34. The van der Waals surface area contributed by atoms with E-state index < -0.39 is 16.0 Å². The molecule has 2 fully saturated rings. The molecular formula is C14H21N3O4S2. The van der Waals surface area contributed by atoms with Crippen molar-refractivity contribution in [2.24, 2.45) is 5.92 Å². The highest BCUT2D eigenvalue weighted by molar-refractivity contribution is 7.91. The lowest BCUT2D eigenvalue weighted by atomic mass is 10.1. The largest absolute Gasteiger partial charge is 0.464 e. The number of rotatable bonds is 6. The summed E-state index contributed by atoms with van der Waals surface area (Å²) in [7, 11) is -2.47. The number of methoxy groups -OCH3 is 1. The van der Waals surface area contributed by atoms with Crippen molar-refractivity contribution in [3.05, 3.63) is 11.2 Å². The van der Waals surface area contributed by atoms with E-state index in [-0.39, 0.29) is 9.90 Å². The van der Waals surface area contributed by atoms with E-state index in [1.54, 1.807) is 0 Å². The van der Waals surface area contributed by atoms with E-state index in [9.17, 15) is 13.2 Å². The third-order valence-corrected chi connectivity index (χ3v) is 7.58.